The smallest absolute Gasteiger partial charge is 0.184 e. The Morgan fingerprint density at radius 1 is 1.32 bits per heavy atom. The number of halogens is 1. The summed E-state index contributed by atoms with van der Waals surface area (Å²) in [5.74, 6) is 0. The highest BCUT2D eigenvalue weighted by Crippen LogP contribution is 2.33. The van der Waals surface area contributed by atoms with E-state index in [0.29, 0.717) is 6.04 Å². The van der Waals surface area contributed by atoms with Gasteiger partial charge < -0.3 is 10.4 Å². The summed E-state index contributed by atoms with van der Waals surface area (Å²) in [6.45, 7) is 2.01. The number of fused-ring (bicyclic) bond motifs is 1. The fourth-order valence-electron chi connectivity index (χ4n) is 2.56. The van der Waals surface area contributed by atoms with E-state index >= 15 is 0 Å². The maximum Gasteiger partial charge on any atom is 0.184 e. The van der Waals surface area contributed by atoms with E-state index in [1.807, 2.05) is 19.1 Å². The summed E-state index contributed by atoms with van der Waals surface area (Å²) in [4.78, 5) is 4.65. The number of aryl methyl sites for hydroxylation is 1. The monoisotopic (exact) mass is 296 g/mol. The van der Waals surface area contributed by atoms with Crippen molar-refractivity contribution in [2.75, 3.05) is 5.32 Å². The van der Waals surface area contributed by atoms with E-state index in [-0.39, 0.29) is 6.10 Å². The van der Waals surface area contributed by atoms with Crippen molar-refractivity contribution < 1.29 is 5.11 Å². The predicted molar refractivity (Wildman–Crippen MR) is 81.3 cm³/mol. The van der Waals surface area contributed by atoms with Crippen molar-refractivity contribution in [1.82, 2.24) is 4.98 Å². The van der Waals surface area contributed by atoms with Gasteiger partial charge in [-0.1, -0.05) is 22.9 Å². The van der Waals surface area contributed by atoms with Gasteiger partial charge in [-0.2, -0.15) is 0 Å². The van der Waals surface area contributed by atoms with Gasteiger partial charge in [0, 0.05) is 11.1 Å². The second-order valence-corrected chi connectivity index (χ2v) is 6.63. The fourth-order valence-corrected chi connectivity index (χ4v) is 3.71. The number of nitrogens with zero attached hydrogens (tertiary/aromatic N) is 1. The standard InChI is InChI=1S/C14H17ClN2OS/c1-8-11(15)6-7-12-13(8)17-14(19-12)16-9-2-4-10(18)5-3-9/h6-7,9-10,18H,2-5H2,1H3,(H,16,17). The summed E-state index contributed by atoms with van der Waals surface area (Å²) >= 11 is 7.79. The van der Waals surface area contributed by atoms with E-state index in [2.05, 4.69) is 10.3 Å². The minimum Gasteiger partial charge on any atom is -0.393 e. The molecule has 0 bridgehead atoms. The molecule has 0 spiro atoms. The van der Waals surface area contributed by atoms with Crippen LogP contribution in [0.1, 0.15) is 31.2 Å². The van der Waals surface area contributed by atoms with E-state index < -0.39 is 0 Å². The van der Waals surface area contributed by atoms with Gasteiger partial charge in [0.15, 0.2) is 5.13 Å². The Balaban J connectivity index is 1.80. The van der Waals surface area contributed by atoms with Gasteiger partial charge in [-0.15, -0.1) is 0 Å². The quantitative estimate of drug-likeness (QED) is 0.881. The molecule has 3 nitrogen and oxygen atoms in total. The van der Waals surface area contributed by atoms with Gasteiger partial charge in [-0.3, -0.25) is 0 Å². The first-order chi connectivity index (χ1) is 9.13. The van der Waals surface area contributed by atoms with E-state index in [4.69, 9.17) is 11.6 Å². The molecule has 1 heterocycles. The number of thiazole rings is 1. The summed E-state index contributed by atoms with van der Waals surface area (Å²) < 4.78 is 1.17. The number of aliphatic hydroxyl groups excluding tert-OH is 1. The van der Waals surface area contributed by atoms with Gasteiger partial charge in [0.1, 0.15) is 0 Å². The Hall–Kier alpha value is -0.840. The third kappa shape index (κ3) is 2.71. The summed E-state index contributed by atoms with van der Waals surface area (Å²) in [6, 6.07) is 4.38. The number of rotatable bonds is 2. The first kappa shape index (κ1) is 13.2. The lowest BCUT2D eigenvalue weighted by Crippen LogP contribution is -2.28. The second kappa shape index (κ2) is 5.27. The molecule has 2 N–H and O–H groups in total. The Morgan fingerprint density at radius 3 is 2.79 bits per heavy atom. The van der Waals surface area contributed by atoms with Gasteiger partial charge in [-0.25, -0.2) is 4.98 Å². The molecule has 1 fully saturated rings. The lowest BCUT2D eigenvalue weighted by Gasteiger charge is -2.25. The molecular formula is C14H17ClN2OS. The van der Waals surface area contributed by atoms with Crippen LogP contribution in [0, 0.1) is 6.92 Å². The van der Waals surface area contributed by atoms with Crippen LogP contribution >= 0.6 is 22.9 Å². The average Bonchev–Trinajstić information content (AvgIpc) is 2.80. The second-order valence-electron chi connectivity index (χ2n) is 5.19. The molecule has 0 unspecified atom stereocenters. The zero-order valence-electron chi connectivity index (χ0n) is 10.8. The summed E-state index contributed by atoms with van der Waals surface area (Å²) in [6.07, 6.45) is 3.67. The Labute approximate surface area is 121 Å². The van der Waals surface area contributed by atoms with Crippen molar-refractivity contribution in [3.63, 3.8) is 0 Å². The molecule has 0 radical (unpaired) electrons. The molecule has 1 aromatic carbocycles. The molecule has 0 aliphatic heterocycles. The van der Waals surface area contributed by atoms with Crippen molar-refractivity contribution in [3.8, 4) is 0 Å². The number of benzene rings is 1. The third-order valence-corrected chi connectivity index (χ3v) is 5.13. The van der Waals surface area contributed by atoms with Gasteiger partial charge in [-0.05, 0) is 50.3 Å². The average molecular weight is 297 g/mol. The summed E-state index contributed by atoms with van der Waals surface area (Å²) in [7, 11) is 0. The first-order valence-corrected chi connectivity index (χ1v) is 7.83. The highest BCUT2D eigenvalue weighted by molar-refractivity contribution is 7.22. The molecule has 1 aromatic heterocycles. The summed E-state index contributed by atoms with van der Waals surface area (Å²) in [5.41, 5.74) is 2.04. The predicted octanol–water partition coefficient (Wildman–Crippen LogP) is 3.97. The van der Waals surface area contributed by atoms with Crippen molar-refractivity contribution in [2.24, 2.45) is 0 Å². The van der Waals surface area contributed by atoms with Crippen LogP contribution in [0.15, 0.2) is 12.1 Å². The molecule has 0 atom stereocenters. The van der Waals surface area contributed by atoms with Gasteiger partial charge in [0.05, 0.1) is 16.3 Å². The molecule has 1 saturated carbocycles. The van der Waals surface area contributed by atoms with Gasteiger partial charge in [0.2, 0.25) is 0 Å². The molecule has 2 aromatic rings. The molecule has 0 amide bonds. The van der Waals surface area contributed by atoms with E-state index in [9.17, 15) is 5.11 Å². The molecular weight excluding hydrogens is 280 g/mol. The lowest BCUT2D eigenvalue weighted by atomic mass is 9.93. The molecule has 102 valence electrons. The van der Waals surface area contributed by atoms with Crippen LogP contribution in [0.25, 0.3) is 10.2 Å². The van der Waals surface area contributed by atoms with E-state index in [1.165, 1.54) is 4.70 Å². The van der Waals surface area contributed by atoms with Crippen molar-refractivity contribution in [2.45, 2.75) is 44.8 Å². The van der Waals surface area contributed by atoms with Crippen LogP contribution in [-0.4, -0.2) is 22.2 Å². The zero-order valence-corrected chi connectivity index (χ0v) is 12.4. The van der Waals surface area contributed by atoms with E-state index in [1.54, 1.807) is 11.3 Å². The normalized spacial score (nSPS) is 23.7. The first-order valence-electron chi connectivity index (χ1n) is 6.63. The zero-order chi connectivity index (χ0) is 13.4. The van der Waals surface area contributed by atoms with Crippen molar-refractivity contribution >= 4 is 38.3 Å². The Kier molecular flexibility index (Phi) is 3.65. The Morgan fingerprint density at radius 2 is 2.05 bits per heavy atom. The molecule has 0 saturated heterocycles. The molecule has 1 aliphatic carbocycles. The number of hydrogen-bond acceptors (Lipinski definition) is 4. The highest BCUT2D eigenvalue weighted by atomic mass is 35.5. The molecule has 3 rings (SSSR count). The number of hydrogen-bond donors (Lipinski definition) is 2. The van der Waals surface area contributed by atoms with Crippen molar-refractivity contribution in [1.29, 1.82) is 0 Å². The minimum absolute atomic E-state index is 0.116. The van der Waals surface area contributed by atoms with Crippen LogP contribution < -0.4 is 5.32 Å². The fraction of sp³-hybridized carbons (Fsp3) is 0.500. The number of nitrogens with one attached hydrogen (secondary N) is 1. The molecule has 19 heavy (non-hydrogen) atoms. The molecule has 1 aliphatic rings. The van der Waals surface area contributed by atoms with Crippen LogP contribution in [-0.2, 0) is 0 Å². The number of anilines is 1. The van der Waals surface area contributed by atoms with E-state index in [0.717, 1.165) is 46.9 Å². The van der Waals surface area contributed by atoms with Crippen LogP contribution in [0.3, 0.4) is 0 Å². The SMILES string of the molecule is Cc1c(Cl)ccc2sc(NC3CCC(O)CC3)nc12. The van der Waals surface area contributed by atoms with Crippen molar-refractivity contribution in [3.05, 3.63) is 22.7 Å². The van der Waals surface area contributed by atoms with Crippen LogP contribution in [0.4, 0.5) is 5.13 Å². The topological polar surface area (TPSA) is 45.1 Å². The lowest BCUT2D eigenvalue weighted by molar-refractivity contribution is 0.126. The minimum atomic E-state index is -0.116. The van der Waals surface area contributed by atoms with Crippen LogP contribution in [0.2, 0.25) is 5.02 Å². The number of aliphatic hydroxyl groups is 1. The van der Waals surface area contributed by atoms with Crippen LogP contribution in [0.5, 0.6) is 0 Å². The highest BCUT2D eigenvalue weighted by Gasteiger charge is 2.20. The largest absolute Gasteiger partial charge is 0.393 e. The van der Waals surface area contributed by atoms with Gasteiger partial charge in [0.25, 0.3) is 0 Å². The third-order valence-electron chi connectivity index (χ3n) is 3.77. The summed E-state index contributed by atoms with van der Waals surface area (Å²) in [5, 5.41) is 14.7. The maximum atomic E-state index is 9.52. The Bertz CT molecular complexity index is 590. The maximum absolute atomic E-state index is 9.52. The van der Waals surface area contributed by atoms with Gasteiger partial charge >= 0.3 is 0 Å². The molecule has 5 heteroatoms. The number of aromatic nitrogens is 1.